The van der Waals surface area contributed by atoms with Crippen molar-refractivity contribution in [1.29, 1.82) is 0 Å². The third kappa shape index (κ3) is 4.66. The molecule has 0 bridgehead atoms. The molecule has 8 nitrogen and oxygen atoms in total. The summed E-state index contributed by atoms with van der Waals surface area (Å²) in [5.74, 6) is 0. The summed E-state index contributed by atoms with van der Waals surface area (Å²) in [5.41, 5.74) is 4.30. The molecule has 0 saturated heterocycles. The van der Waals surface area contributed by atoms with Crippen LogP contribution in [-0.4, -0.2) is 32.1 Å². The summed E-state index contributed by atoms with van der Waals surface area (Å²) < 4.78 is 32.1. The van der Waals surface area contributed by atoms with Crippen molar-refractivity contribution in [3.05, 3.63) is 28.3 Å². The van der Waals surface area contributed by atoms with Gasteiger partial charge < -0.3 is 10.5 Å². The summed E-state index contributed by atoms with van der Waals surface area (Å²) in [6.45, 7) is 5.65. The minimum atomic E-state index is -4.03. The second-order valence-electron chi connectivity index (χ2n) is 5.00. The number of nitro groups is 1. The van der Waals surface area contributed by atoms with Gasteiger partial charge in [0.05, 0.1) is 10.5 Å². The maximum atomic E-state index is 12.2. The van der Waals surface area contributed by atoms with Crippen molar-refractivity contribution in [2.75, 3.05) is 18.9 Å². The van der Waals surface area contributed by atoms with Gasteiger partial charge in [-0.25, -0.2) is 13.1 Å². The highest BCUT2D eigenvalue weighted by molar-refractivity contribution is 7.89. The van der Waals surface area contributed by atoms with Crippen molar-refractivity contribution in [3.8, 4) is 0 Å². The highest BCUT2D eigenvalue weighted by atomic mass is 32.2. The van der Waals surface area contributed by atoms with Crippen molar-refractivity contribution >= 4 is 21.4 Å². The fraction of sp³-hybridized carbons (Fsp3) is 0.500. The van der Waals surface area contributed by atoms with Crippen LogP contribution in [0.1, 0.15) is 20.8 Å². The summed E-state index contributed by atoms with van der Waals surface area (Å²) >= 11 is 0. The molecule has 0 radical (unpaired) electrons. The van der Waals surface area contributed by atoms with Gasteiger partial charge in [-0.1, -0.05) is 0 Å². The molecule has 0 heterocycles. The lowest BCUT2D eigenvalue weighted by molar-refractivity contribution is -0.387. The van der Waals surface area contributed by atoms with Crippen LogP contribution in [0.3, 0.4) is 0 Å². The molecular formula is C12H19N3O5S. The smallest absolute Gasteiger partial charge is 0.291 e. The molecular weight excluding hydrogens is 298 g/mol. The molecule has 0 fully saturated rings. The molecule has 0 unspecified atom stereocenters. The lowest BCUT2D eigenvalue weighted by Crippen LogP contribution is -2.40. The number of nitrogen functional groups attached to an aromatic ring is 1. The fourth-order valence-electron chi connectivity index (χ4n) is 1.69. The lowest BCUT2D eigenvalue weighted by Gasteiger charge is -2.24. The number of ether oxygens (including phenoxy) is 1. The van der Waals surface area contributed by atoms with Crippen molar-refractivity contribution in [1.82, 2.24) is 4.72 Å². The molecule has 1 rings (SSSR count). The Labute approximate surface area is 123 Å². The van der Waals surface area contributed by atoms with Gasteiger partial charge in [0.2, 0.25) is 10.0 Å². The highest BCUT2D eigenvalue weighted by Crippen LogP contribution is 2.26. The van der Waals surface area contributed by atoms with Gasteiger partial charge in [-0.05, 0) is 32.9 Å². The fourth-order valence-corrected chi connectivity index (χ4v) is 3.04. The number of rotatable bonds is 7. The molecule has 0 aromatic heterocycles. The van der Waals surface area contributed by atoms with E-state index >= 15 is 0 Å². The molecule has 0 amide bonds. The molecule has 0 aliphatic carbocycles. The zero-order chi connectivity index (χ0) is 16.3. The summed E-state index contributed by atoms with van der Waals surface area (Å²) in [5, 5.41) is 11.0. The van der Waals surface area contributed by atoms with Crippen LogP contribution in [0.15, 0.2) is 23.1 Å². The number of hydrogen-bond donors (Lipinski definition) is 2. The van der Waals surface area contributed by atoms with Gasteiger partial charge in [0.1, 0.15) is 0 Å². The van der Waals surface area contributed by atoms with E-state index in [1.165, 1.54) is 6.07 Å². The van der Waals surface area contributed by atoms with Crippen molar-refractivity contribution in [3.63, 3.8) is 0 Å². The van der Waals surface area contributed by atoms with E-state index < -0.39 is 31.1 Å². The van der Waals surface area contributed by atoms with Crippen LogP contribution in [0.2, 0.25) is 0 Å². The van der Waals surface area contributed by atoms with E-state index in [4.69, 9.17) is 10.5 Å². The van der Waals surface area contributed by atoms with Gasteiger partial charge in [0.15, 0.2) is 4.90 Å². The standard InChI is InChI=1S/C12H19N3O5S/c1-4-20-12(2,3)8-14-21(18,19)11-6-5-9(13)7-10(11)15(16)17/h5-7,14H,4,8,13H2,1-3H3. The normalized spacial score (nSPS) is 12.3. The second kappa shape index (κ2) is 6.37. The number of hydrogen-bond acceptors (Lipinski definition) is 6. The Bertz CT molecular complexity index is 628. The molecule has 1 aromatic carbocycles. The van der Waals surface area contributed by atoms with Gasteiger partial charge in [-0.2, -0.15) is 0 Å². The van der Waals surface area contributed by atoms with Crippen molar-refractivity contribution in [2.24, 2.45) is 0 Å². The molecule has 1 aromatic rings. The van der Waals surface area contributed by atoms with Crippen LogP contribution in [0.4, 0.5) is 11.4 Å². The Balaban J connectivity index is 3.07. The van der Waals surface area contributed by atoms with E-state index in [1.54, 1.807) is 20.8 Å². The van der Waals surface area contributed by atoms with Crippen LogP contribution in [0.5, 0.6) is 0 Å². The Morgan fingerprint density at radius 1 is 1.43 bits per heavy atom. The van der Waals surface area contributed by atoms with Crippen LogP contribution < -0.4 is 10.5 Å². The van der Waals surface area contributed by atoms with Gasteiger partial charge in [0.25, 0.3) is 5.69 Å². The molecule has 0 aliphatic rings. The number of nitrogens with one attached hydrogen (secondary N) is 1. The first kappa shape index (κ1) is 17.3. The van der Waals surface area contributed by atoms with Gasteiger partial charge >= 0.3 is 0 Å². The summed E-state index contributed by atoms with van der Waals surface area (Å²) in [6, 6.07) is 3.43. The van der Waals surface area contributed by atoms with E-state index in [9.17, 15) is 18.5 Å². The van der Waals surface area contributed by atoms with Gasteiger partial charge in [0, 0.05) is 24.9 Å². The van der Waals surface area contributed by atoms with Crippen LogP contribution >= 0.6 is 0 Å². The first-order valence-corrected chi connectivity index (χ1v) is 7.75. The highest BCUT2D eigenvalue weighted by Gasteiger charge is 2.28. The predicted molar refractivity (Wildman–Crippen MR) is 78.4 cm³/mol. The minimum absolute atomic E-state index is 0.00922. The van der Waals surface area contributed by atoms with E-state index in [0.29, 0.717) is 6.61 Å². The summed E-state index contributed by atoms with van der Waals surface area (Å²) in [6.07, 6.45) is 0. The molecule has 21 heavy (non-hydrogen) atoms. The van der Waals surface area contributed by atoms with Crippen LogP contribution in [0.25, 0.3) is 0 Å². The second-order valence-corrected chi connectivity index (χ2v) is 6.74. The third-order valence-corrected chi connectivity index (χ3v) is 4.14. The van der Waals surface area contributed by atoms with Crippen molar-refractivity contribution in [2.45, 2.75) is 31.3 Å². The maximum absolute atomic E-state index is 12.2. The Kier molecular flexibility index (Phi) is 5.26. The zero-order valence-corrected chi connectivity index (χ0v) is 12.9. The third-order valence-electron chi connectivity index (χ3n) is 2.69. The molecule has 0 atom stereocenters. The molecule has 0 aliphatic heterocycles. The number of nitrogens with two attached hydrogens (primary N) is 1. The monoisotopic (exact) mass is 317 g/mol. The number of sulfonamides is 1. The average molecular weight is 317 g/mol. The number of anilines is 1. The van der Waals surface area contributed by atoms with Gasteiger partial charge in [-0.3, -0.25) is 10.1 Å². The first-order chi connectivity index (χ1) is 9.59. The van der Waals surface area contributed by atoms with E-state index in [2.05, 4.69) is 4.72 Å². The van der Waals surface area contributed by atoms with Crippen LogP contribution in [0, 0.1) is 10.1 Å². The Hall–Kier alpha value is -1.71. The van der Waals surface area contributed by atoms with Crippen LogP contribution in [-0.2, 0) is 14.8 Å². The molecule has 118 valence electrons. The number of nitrogens with zero attached hydrogens (tertiary/aromatic N) is 1. The average Bonchev–Trinajstić information content (AvgIpc) is 2.36. The largest absolute Gasteiger partial charge is 0.399 e. The topological polar surface area (TPSA) is 125 Å². The number of benzene rings is 1. The predicted octanol–water partition coefficient (Wildman–Crippen LogP) is 1.27. The quantitative estimate of drug-likeness (QED) is 0.443. The number of nitro benzene ring substituents is 1. The van der Waals surface area contributed by atoms with E-state index in [1.807, 2.05) is 0 Å². The maximum Gasteiger partial charge on any atom is 0.291 e. The van der Waals surface area contributed by atoms with E-state index in [0.717, 1.165) is 12.1 Å². The first-order valence-electron chi connectivity index (χ1n) is 6.26. The Morgan fingerprint density at radius 2 is 2.05 bits per heavy atom. The summed E-state index contributed by atoms with van der Waals surface area (Å²) in [7, 11) is -4.03. The lowest BCUT2D eigenvalue weighted by atomic mass is 10.1. The molecule has 0 saturated carbocycles. The molecule has 3 N–H and O–H groups in total. The van der Waals surface area contributed by atoms with Crippen molar-refractivity contribution < 1.29 is 18.1 Å². The molecule has 0 spiro atoms. The SMILES string of the molecule is CCOC(C)(C)CNS(=O)(=O)c1ccc(N)cc1[N+](=O)[O-]. The summed E-state index contributed by atoms with van der Waals surface area (Å²) in [4.78, 5) is 9.76. The Morgan fingerprint density at radius 3 is 2.57 bits per heavy atom. The minimum Gasteiger partial charge on any atom is -0.399 e. The van der Waals surface area contributed by atoms with Gasteiger partial charge in [-0.15, -0.1) is 0 Å². The zero-order valence-electron chi connectivity index (χ0n) is 12.1. The van der Waals surface area contributed by atoms with E-state index in [-0.39, 0.29) is 12.2 Å². The molecule has 9 heteroatoms.